The Morgan fingerprint density at radius 1 is 1.53 bits per heavy atom. The molecule has 17 heavy (non-hydrogen) atoms. The van der Waals surface area contributed by atoms with E-state index in [0.29, 0.717) is 28.3 Å². The van der Waals surface area contributed by atoms with Crippen LogP contribution in [0.5, 0.6) is 0 Å². The van der Waals surface area contributed by atoms with Crippen LogP contribution in [0.3, 0.4) is 0 Å². The predicted octanol–water partition coefficient (Wildman–Crippen LogP) is 1.37. The third kappa shape index (κ3) is 2.39. The van der Waals surface area contributed by atoms with E-state index in [1.54, 1.807) is 24.3 Å². The van der Waals surface area contributed by atoms with Gasteiger partial charge in [0, 0.05) is 6.54 Å². The molecule has 1 aromatic heterocycles. The third-order valence-electron chi connectivity index (χ3n) is 2.23. The second-order valence-electron chi connectivity index (χ2n) is 3.43. The summed E-state index contributed by atoms with van der Waals surface area (Å²) in [6, 6.07) is 7.14. The number of hydrogen-bond donors (Lipinski definition) is 2. The zero-order chi connectivity index (χ0) is 12.3. The molecule has 5 heteroatoms. The maximum Gasteiger partial charge on any atom is 0.259 e. The van der Waals surface area contributed by atoms with Crippen LogP contribution in [0.15, 0.2) is 41.7 Å². The molecular formula is C12H11N3OS. The molecule has 0 saturated carbocycles. The number of thiocarbonyl (C=S) groups is 1. The molecule has 0 aliphatic rings. The molecule has 0 aliphatic carbocycles. The van der Waals surface area contributed by atoms with Gasteiger partial charge in [0.1, 0.15) is 4.99 Å². The summed E-state index contributed by atoms with van der Waals surface area (Å²) in [5.41, 5.74) is 0.447. The van der Waals surface area contributed by atoms with Gasteiger partial charge in [-0.05, 0) is 12.1 Å². The molecule has 1 heterocycles. The smallest absolute Gasteiger partial charge is 0.259 e. The topological polar surface area (TPSA) is 57.8 Å². The van der Waals surface area contributed by atoms with Crippen LogP contribution in [0.25, 0.3) is 10.9 Å². The number of benzene rings is 1. The Kier molecular flexibility index (Phi) is 3.30. The van der Waals surface area contributed by atoms with Crippen molar-refractivity contribution in [2.24, 2.45) is 0 Å². The zero-order valence-corrected chi connectivity index (χ0v) is 9.88. The Morgan fingerprint density at radius 2 is 2.29 bits per heavy atom. The Bertz CT molecular complexity index is 633. The number of hydrogen-bond acceptors (Lipinski definition) is 3. The second kappa shape index (κ2) is 4.88. The van der Waals surface area contributed by atoms with Crippen molar-refractivity contribution >= 4 is 28.1 Å². The number of fused-ring (bicyclic) bond motifs is 1. The minimum Gasteiger partial charge on any atom is -0.370 e. The highest BCUT2D eigenvalue weighted by Gasteiger charge is 2.06. The van der Waals surface area contributed by atoms with Crippen molar-refractivity contribution < 1.29 is 0 Å². The normalized spacial score (nSPS) is 10.1. The van der Waals surface area contributed by atoms with Gasteiger partial charge < -0.3 is 10.3 Å². The number of rotatable bonds is 3. The highest BCUT2D eigenvalue weighted by atomic mass is 32.1. The van der Waals surface area contributed by atoms with E-state index in [9.17, 15) is 4.79 Å². The molecule has 0 spiro atoms. The Balaban J connectivity index is 2.46. The van der Waals surface area contributed by atoms with Crippen LogP contribution in [0, 0.1) is 0 Å². The largest absolute Gasteiger partial charge is 0.370 e. The maximum atomic E-state index is 11.8. The predicted molar refractivity (Wildman–Crippen MR) is 72.3 cm³/mol. The first-order valence-corrected chi connectivity index (χ1v) is 5.51. The minimum atomic E-state index is -0.187. The Morgan fingerprint density at radius 3 is 3.06 bits per heavy atom. The summed E-state index contributed by atoms with van der Waals surface area (Å²) in [5, 5.41) is 3.48. The first-order valence-electron chi connectivity index (χ1n) is 5.10. The van der Waals surface area contributed by atoms with E-state index in [-0.39, 0.29) is 5.56 Å². The number of H-pyrrole nitrogens is 1. The molecule has 0 saturated heterocycles. The molecule has 2 aromatic rings. The molecular weight excluding hydrogens is 234 g/mol. The van der Waals surface area contributed by atoms with Crippen LogP contribution < -0.4 is 10.9 Å². The quantitative estimate of drug-likeness (QED) is 0.633. The zero-order valence-electron chi connectivity index (χ0n) is 9.06. The van der Waals surface area contributed by atoms with Gasteiger partial charge in [0.15, 0.2) is 5.82 Å². The van der Waals surface area contributed by atoms with Crippen LogP contribution in [-0.2, 0) is 0 Å². The second-order valence-corrected chi connectivity index (χ2v) is 3.84. The van der Waals surface area contributed by atoms with Crippen molar-refractivity contribution in [1.82, 2.24) is 15.3 Å². The fourth-order valence-electron chi connectivity index (χ4n) is 1.44. The van der Waals surface area contributed by atoms with Gasteiger partial charge >= 0.3 is 0 Å². The maximum absolute atomic E-state index is 11.8. The molecule has 0 aliphatic heterocycles. The summed E-state index contributed by atoms with van der Waals surface area (Å²) in [7, 11) is 0. The average molecular weight is 245 g/mol. The molecule has 0 bridgehead atoms. The van der Waals surface area contributed by atoms with E-state index in [2.05, 4.69) is 21.9 Å². The molecule has 2 N–H and O–H groups in total. The molecule has 4 nitrogen and oxygen atoms in total. The van der Waals surface area contributed by atoms with E-state index in [1.165, 1.54) is 0 Å². The highest BCUT2D eigenvalue weighted by Crippen LogP contribution is 2.05. The number of nitrogens with zero attached hydrogens (tertiary/aromatic N) is 1. The molecule has 0 amide bonds. The fraction of sp³-hybridized carbons (Fsp3) is 0.0833. The Hall–Kier alpha value is -2.01. The summed E-state index contributed by atoms with van der Waals surface area (Å²) in [4.78, 5) is 19.1. The summed E-state index contributed by atoms with van der Waals surface area (Å²) in [6.07, 6.45) is 1.69. The lowest BCUT2D eigenvalue weighted by Crippen LogP contribution is -2.27. The highest BCUT2D eigenvalue weighted by molar-refractivity contribution is 7.80. The lowest BCUT2D eigenvalue weighted by atomic mass is 10.2. The van der Waals surface area contributed by atoms with E-state index >= 15 is 0 Å². The van der Waals surface area contributed by atoms with Gasteiger partial charge in [-0.15, -0.1) is 6.58 Å². The van der Waals surface area contributed by atoms with E-state index in [0.717, 1.165) is 0 Å². The first kappa shape index (κ1) is 11.5. The summed E-state index contributed by atoms with van der Waals surface area (Å²) in [6.45, 7) is 4.12. The Labute approximate surface area is 103 Å². The van der Waals surface area contributed by atoms with E-state index < -0.39 is 0 Å². The van der Waals surface area contributed by atoms with Gasteiger partial charge in [0.25, 0.3) is 5.56 Å². The number of aromatic nitrogens is 2. The molecule has 86 valence electrons. The van der Waals surface area contributed by atoms with Gasteiger partial charge in [0.2, 0.25) is 0 Å². The van der Waals surface area contributed by atoms with Crippen LogP contribution in [0.1, 0.15) is 5.82 Å². The van der Waals surface area contributed by atoms with Crippen LogP contribution in [-0.4, -0.2) is 21.5 Å². The number of para-hydroxylation sites is 1. The van der Waals surface area contributed by atoms with Crippen molar-refractivity contribution in [2.75, 3.05) is 6.54 Å². The van der Waals surface area contributed by atoms with Crippen LogP contribution in [0.4, 0.5) is 0 Å². The summed E-state index contributed by atoms with van der Waals surface area (Å²) in [5.74, 6) is 0.380. The van der Waals surface area contributed by atoms with Gasteiger partial charge in [-0.3, -0.25) is 4.79 Å². The lowest BCUT2D eigenvalue weighted by molar-refractivity contribution is 1.03. The number of nitrogens with one attached hydrogen (secondary N) is 2. The van der Waals surface area contributed by atoms with Gasteiger partial charge in [-0.2, -0.15) is 0 Å². The molecule has 0 atom stereocenters. The van der Waals surface area contributed by atoms with Crippen molar-refractivity contribution in [2.45, 2.75) is 0 Å². The van der Waals surface area contributed by atoms with Crippen LogP contribution in [0.2, 0.25) is 0 Å². The fourth-order valence-corrected chi connectivity index (χ4v) is 1.62. The average Bonchev–Trinajstić information content (AvgIpc) is 2.36. The molecule has 2 rings (SSSR count). The van der Waals surface area contributed by atoms with E-state index in [1.807, 2.05) is 6.07 Å². The van der Waals surface area contributed by atoms with Crippen LogP contribution >= 0.6 is 12.2 Å². The monoisotopic (exact) mass is 245 g/mol. The SMILES string of the molecule is C=CCNC(=S)c1nc2ccccc2c(=O)[nH]1. The molecule has 1 aromatic carbocycles. The van der Waals surface area contributed by atoms with Crippen molar-refractivity contribution in [3.63, 3.8) is 0 Å². The van der Waals surface area contributed by atoms with E-state index in [4.69, 9.17) is 12.2 Å². The van der Waals surface area contributed by atoms with Gasteiger partial charge in [-0.1, -0.05) is 30.4 Å². The summed E-state index contributed by atoms with van der Waals surface area (Å²) >= 11 is 5.12. The summed E-state index contributed by atoms with van der Waals surface area (Å²) < 4.78 is 0. The first-order chi connectivity index (χ1) is 8.22. The standard InChI is InChI=1S/C12H11N3OS/c1-2-7-13-12(17)10-14-9-6-4-3-5-8(9)11(16)15-10/h2-6H,1,7H2,(H,13,17)(H,14,15,16). The third-order valence-corrected chi connectivity index (χ3v) is 2.57. The minimum absolute atomic E-state index is 0.187. The van der Waals surface area contributed by atoms with Gasteiger partial charge in [-0.25, -0.2) is 4.98 Å². The molecule has 0 radical (unpaired) electrons. The van der Waals surface area contributed by atoms with Crippen molar-refractivity contribution in [1.29, 1.82) is 0 Å². The molecule has 0 unspecified atom stereocenters. The van der Waals surface area contributed by atoms with Crippen molar-refractivity contribution in [3.05, 3.63) is 53.1 Å². The number of aromatic amines is 1. The lowest BCUT2D eigenvalue weighted by Gasteiger charge is -2.05. The van der Waals surface area contributed by atoms with Gasteiger partial charge in [0.05, 0.1) is 10.9 Å². The molecule has 0 fully saturated rings. The van der Waals surface area contributed by atoms with Crippen molar-refractivity contribution in [3.8, 4) is 0 Å².